The molecule has 2 aliphatic rings. The van der Waals surface area contributed by atoms with Crippen molar-refractivity contribution < 1.29 is 17.6 Å². The molecule has 0 saturated carbocycles. The third-order valence-corrected chi connectivity index (χ3v) is 7.41. The van der Waals surface area contributed by atoms with Gasteiger partial charge >= 0.3 is 6.18 Å². The Bertz CT molecular complexity index is 1190. The minimum atomic E-state index is -4.34. The Morgan fingerprint density at radius 2 is 1.97 bits per heavy atom. The van der Waals surface area contributed by atoms with E-state index in [-0.39, 0.29) is 18.6 Å². The number of anilines is 1. The number of halogens is 4. The number of nitrogens with one attached hydrogen (secondary N) is 1. The number of likely N-dealkylation sites (tertiary alicyclic amines) is 1. The summed E-state index contributed by atoms with van der Waals surface area (Å²) in [6.45, 7) is 2.73. The van der Waals surface area contributed by atoms with Crippen LogP contribution in [0.5, 0.6) is 0 Å². The van der Waals surface area contributed by atoms with E-state index >= 15 is 0 Å². The molecule has 5 rings (SSSR count). The van der Waals surface area contributed by atoms with Crippen molar-refractivity contribution in [2.75, 3.05) is 38.6 Å². The van der Waals surface area contributed by atoms with Gasteiger partial charge in [-0.1, -0.05) is 18.2 Å². The molecule has 4 heterocycles. The smallest absolute Gasteiger partial charge is 0.397 e. The lowest BCUT2D eigenvalue weighted by Gasteiger charge is -2.40. The van der Waals surface area contributed by atoms with Crippen molar-refractivity contribution in [2.45, 2.75) is 50.4 Å². The van der Waals surface area contributed by atoms with E-state index in [1.165, 1.54) is 4.90 Å². The molecule has 0 unspecified atom stereocenters. The number of nitrogens with two attached hydrogens (primary N) is 1. The molecular weight excluding hydrogens is 458 g/mol. The molecule has 0 bridgehead atoms. The summed E-state index contributed by atoms with van der Waals surface area (Å²) in [7, 11) is 0. The number of alkyl halides is 4. The Morgan fingerprint density at radius 3 is 2.74 bits per heavy atom. The summed E-state index contributed by atoms with van der Waals surface area (Å²) in [6, 6.07) is 10.4. The van der Waals surface area contributed by atoms with Crippen LogP contribution in [0.1, 0.15) is 54.4 Å². The standard InChI is InChI=1S/C26H31F4N5/c1-16-13-19-18-5-2-3-6-21(18)32-24(19)25(35(16)15-26(28,29)30)22-8-7-20(31)23(33-22)17-9-12-34(14-17)11-4-10-27/h2-3,5-8,16-17,25,32H,4,9-15,31H2,1H3/t16-,17+,25-/m1/s1. The van der Waals surface area contributed by atoms with Gasteiger partial charge in [0.05, 0.1) is 36.3 Å². The number of pyridine rings is 1. The molecule has 1 fully saturated rings. The second kappa shape index (κ2) is 9.43. The van der Waals surface area contributed by atoms with Crippen molar-refractivity contribution >= 4 is 16.6 Å². The first-order valence-corrected chi connectivity index (χ1v) is 12.2. The Labute approximate surface area is 202 Å². The molecule has 3 aromatic rings. The van der Waals surface area contributed by atoms with Crippen molar-refractivity contribution in [1.82, 2.24) is 19.8 Å². The van der Waals surface area contributed by atoms with E-state index < -0.39 is 18.8 Å². The molecule has 9 heteroatoms. The Kier molecular flexibility index (Phi) is 6.48. The fourth-order valence-corrected chi connectivity index (χ4v) is 5.80. The SMILES string of the molecule is C[C@@H]1Cc2c([nH]c3ccccc23)[C@@H](c2ccc(N)c([C@H]3CCN(CCCF)C3)n2)N1CC(F)(F)F. The fourth-order valence-electron chi connectivity index (χ4n) is 5.80. The maximum Gasteiger partial charge on any atom is 0.401 e. The lowest BCUT2D eigenvalue weighted by Crippen LogP contribution is -2.47. The molecule has 5 nitrogen and oxygen atoms in total. The van der Waals surface area contributed by atoms with E-state index in [4.69, 9.17) is 10.7 Å². The molecule has 2 aliphatic heterocycles. The van der Waals surface area contributed by atoms with Crippen molar-refractivity contribution in [3.05, 3.63) is 59.0 Å². The average Bonchev–Trinajstić information content (AvgIpc) is 3.43. The third-order valence-electron chi connectivity index (χ3n) is 7.41. The maximum atomic E-state index is 13.7. The second-order valence-corrected chi connectivity index (χ2v) is 9.85. The van der Waals surface area contributed by atoms with E-state index in [1.807, 2.05) is 31.2 Å². The van der Waals surface area contributed by atoms with Crippen LogP contribution in [-0.4, -0.2) is 64.8 Å². The van der Waals surface area contributed by atoms with E-state index in [0.29, 0.717) is 30.8 Å². The van der Waals surface area contributed by atoms with Gasteiger partial charge in [-0.25, -0.2) is 0 Å². The summed E-state index contributed by atoms with van der Waals surface area (Å²) in [6.07, 6.45) is -2.47. The number of aromatic amines is 1. The summed E-state index contributed by atoms with van der Waals surface area (Å²) in [5, 5.41) is 1.04. The van der Waals surface area contributed by atoms with Crippen molar-refractivity contribution in [2.24, 2.45) is 0 Å². The molecule has 3 N–H and O–H groups in total. The highest BCUT2D eigenvalue weighted by atomic mass is 19.4. The predicted molar refractivity (Wildman–Crippen MR) is 129 cm³/mol. The van der Waals surface area contributed by atoms with E-state index in [0.717, 1.165) is 47.4 Å². The number of H-pyrrole nitrogens is 1. The van der Waals surface area contributed by atoms with Crippen LogP contribution < -0.4 is 5.73 Å². The number of rotatable bonds is 6. The van der Waals surface area contributed by atoms with Gasteiger partial charge < -0.3 is 15.6 Å². The largest absolute Gasteiger partial charge is 0.401 e. The summed E-state index contributed by atoms with van der Waals surface area (Å²) >= 11 is 0. The van der Waals surface area contributed by atoms with Gasteiger partial charge in [0.1, 0.15) is 0 Å². The number of hydrogen-bond acceptors (Lipinski definition) is 4. The highest BCUT2D eigenvalue weighted by Crippen LogP contribution is 2.42. The first kappa shape index (κ1) is 24.1. The van der Waals surface area contributed by atoms with Crippen molar-refractivity contribution in [1.29, 1.82) is 0 Å². The number of benzene rings is 1. The molecule has 1 saturated heterocycles. The number of fused-ring (bicyclic) bond motifs is 3. The van der Waals surface area contributed by atoms with Crippen LogP contribution in [0.15, 0.2) is 36.4 Å². The number of nitrogen functional groups attached to an aromatic ring is 1. The van der Waals surface area contributed by atoms with E-state index in [9.17, 15) is 17.6 Å². The molecule has 0 spiro atoms. The molecule has 35 heavy (non-hydrogen) atoms. The first-order valence-electron chi connectivity index (χ1n) is 12.2. The van der Waals surface area contributed by atoms with Crippen LogP contribution >= 0.6 is 0 Å². The van der Waals surface area contributed by atoms with Crippen LogP contribution in [0.25, 0.3) is 10.9 Å². The third kappa shape index (κ3) is 4.76. The number of nitrogens with zero attached hydrogens (tertiary/aromatic N) is 3. The first-order chi connectivity index (χ1) is 16.7. The molecule has 1 aromatic carbocycles. The van der Waals surface area contributed by atoms with Gasteiger partial charge in [0.25, 0.3) is 0 Å². The van der Waals surface area contributed by atoms with Gasteiger partial charge in [0.2, 0.25) is 0 Å². The van der Waals surface area contributed by atoms with Gasteiger partial charge in [-0.3, -0.25) is 14.3 Å². The van der Waals surface area contributed by atoms with Gasteiger partial charge in [-0.05, 0) is 56.5 Å². The highest BCUT2D eigenvalue weighted by Gasteiger charge is 2.42. The molecule has 3 atom stereocenters. The lowest BCUT2D eigenvalue weighted by molar-refractivity contribution is -0.155. The zero-order valence-electron chi connectivity index (χ0n) is 19.8. The number of aromatic nitrogens is 2. The van der Waals surface area contributed by atoms with E-state index in [2.05, 4.69) is 9.88 Å². The highest BCUT2D eigenvalue weighted by molar-refractivity contribution is 5.85. The molecule has 0 aliphatic carbocycles. The normalized spacial score (nSPS) is 23.7. The van der Waals surface area contributed by atoms with E-state index in [1.54, 1.807) is 12.1 Å². The number of para-hydroxylation sites is 1. The average molecular weight is 490 g/mol. The minimum Gasteiger partial charge on any atom is -0.397 e. The van der Waals surface area contributed by atoms with Gasteiger partial charge in [-0.2, -0.15) is 13.2 Å². The maximum absolute atomic E-state index is 13.7. The summed E-state index contributed by atoms with van der Waals surface area (Å²) in [5.74, 6) is 0.0776. The van der Waals surface area contributed by atoms with Gasteiger partial charge in [-0.15, -0.1) is 0 Å². The summed E-state index contributed by atoms with van der Waals surface area (Å²) in [5.41, 5.74) is 10.9. The molecule has 2 aromatic heterocycles. The number of hydrogen-bond donors (Lipinski definition) is 2. The van der Waals surface area contributed by atoms with Gasteiger partial charge in [0.15, 0.2) is 0 Å². The quantitative estimate of drug-likeness (QED) is 0.468. The Morgan fingerprint density at radius 1 is 1.17 bits per heavy atom. The van der Waals surface area contributed by atoms with Crippen LogP contribution in [0, 0.1) is 0 Å². The zero-order chi connectivity index (χ0) is 24.7. The van der Waals surface area contributed by atoms with Crippen LogP contribution in [0.4, 0.5) is 23.2 Å². The van der Waals surface area contributed by atoms with Crippen molar-refractivity contribution in [3.8, 4) is 0 Å². The molecule has 0 amide bonds. The Balaban J connectivity index is 1.56. The second-order valence-electron chi connectivity index (χ2n) is 9.85. The fraction of sp³-hybridized carbons (Fsp3) is 0.500. The molecule has 0 radical (unpaired) electrons. The summed E-state index contributed by atoms with van der Waals surface area (Å²) in [4.78, 5) is 12.0. The van der Waals surface area contributed by atoms with Crippen molar-refractivity contribution in [3.63, 3.8) is 0 Å². The Hall–Kier alpha value is -2.65. The van der Waals surface area contributed by atoms with Crippen LogP contribution in [0.3, 0.4) is 0 Å². The predicted octanol–water partition coefficient (Wildman–Crippen LogP) is 5.19. The topological polar surface area (TPSA) is 61.2 Å². The van der Waals surface area contributed by atoms with Gasteiger partial charge in [0, 0.05) is 41.6 Å². The molecular formula is C26H31F4N5. The van der Waals surface area contributed by atoms with Crippen LogP contribution in [-0.2, 0) is 6.42 Å². The summed E-state index contributed by atoms with van der Waals surface area (Å²) < 4.78 is 53.7. The lowest BCUT2D eigenvalue weighted by atomic mass is 9.90. The van der Waals surface area contributed by atoms with Crippen LogP contribution in [0.2, 0.25) is 0 Å². The zero-order valence-corrected chi connectivity index (χ0v) is 19.8. The molecule has 188 valence electrons. The monoisotopic (exact) mass is 489 g/mol. The minimum absolute atomic E-state index is 0.0776.